The van der Waals surface area contributed by atoms with Crippen molar-refractivity contribution in [2.75, 3.05) is 36.4 Å². The van der Waals surface area contributed by atoms with Crippen LogP contribution in [-0.4, -0.2) is 52.8 Å². The minimum atomic E-state index is -1.34. The molecule has 0 unspecified atom stereocenters. The molecule has 1 aliphatic rings. The maximum absolute atomic E-state index is 15.1. The van der Waals surface area contributed by atoms with Crippen LogP contribution in [0.5, 0.6) is 0 Å². The Hall–Kier alpha value is -4.40. The molecule has 3 aromatic carbocycles. The van der Waals surface area contributed by atoms with Crippen molar-refractivity contribution in [3.8, 4) is 0 Å². The molecule has 0 bridgehead atoms. The van der Waals surface area contributed by atoms with Crippen LogP contribution in [0.2, 0.25) is 0 Å². The number of carbonyl (C=O) groups is 2. The van der Waals surface area contributed by atoms with Gasteiger partial charge in [-0.25, -0.2) is 14.0 Å². The van der Waals surface area contributed by atoms with Crippen LogP contribution in [0.15, 0.2) is 65.6 Å². The maximum atomic E-state index is 15.1. The van der Waals surface area contributed by atoms with Crippen LogP contribution in [0, 0.1) is 5.82 Å². The molecule has 0 atom stereocenters. The van der Waals surface area contributed by atoms with Gasteiger partial charge < -0.3 is 24.8 Å². The van der Waals surface area contributed by atoms with Gasteiger partial charge in [0, 0.05) is 49.7 Å². The molecule has 2 heterocycles. The average molecular weight is 489 g/mol. The summed E-state index contributed by atoms with van der Waals surface area (Å²) in [5, 5.41) is 14.3. The van der Waals surface area contributed by atoms with E-state index >= 15 is 4.39 Å². The van der Waals surface area contributed by atoms with Gasteiger partial charge >= 0.3 is 12.0 Å². The van der Waals surface area contributed by atoms with Crippen molar-refractivity contribution in [2.24, 2.45) is 0 Å². The number of aromatic nitrogens is 1. The molecule has 1 aromatic heterocycles. The van der Waals surface area contributed by atoms with Crippen molar-refractivity contribution in [3.63, 3.8) is 0 Å². The standard InChI is InChI=1S/C27H25FN4O4/c1-2-30-16-20(26(34)35)25(33)19-14-21(28)24(15-23(19)30)31-10-12-32(13-11-31)27(36)29-22-9-5-7-17-6-3-4-8-18(17)22/h3-9,14-16H,2,10-13H2,1H3,(H,29,36)(H,34,35). The molecule has 8 nitrogen and oxygen atoms in total. The lowest BCUT2D eigenvalue weighted by molar-refractivity contribution is 0.0694. The topological polar surface area (TPSA) is 94.9 Å². The lowest BCUT2D eigenvalue weighted by Crippen LogP contribution is -2.50. The fourth-order valence-electron chi connectivity index (χ4n) is 4.73. The molecule has 184 valence electrons. The van der Waals surface area contributed by atoms with Crippen LogP contribution in [0.4, 0.5) is 20.6 Å². The summed E-state index contributed by atoms with van der Waals surface area (Å²) in [6.45, 7) is 3.86. The van der Waals surface area contributed by atoms with E-state index in [1.807, 2.05) is 54.3 Å². The van der Waals surface area contributed by atoms with Crippen LogP contribution < -0.4 is 15.6 Å². The largest absolute Gasteiger partial charge is 0.477 e. The number of carbonyl (C=O) groups excluding carboxylic acids is 1. The van der Waals surface area contributed by atoms with E-state index in [0.29, 0.717) is 43.9 Å². The zero-order valence-electron chi connectivity index (χ0n) is 19.7. The number of aromatic carboxylic acids is 1. The van der Waals surface area contributed by atoms with Gasteiger partial charge in [-0.3, -0.25) is 4.79 Å². The number of anilines is 2. The maximum Gasteiger partial charge on any atom is 0.341 e. The highest BCUT2D eigenvalue weighted by Crippen LogP contribution is 2.27. The van der Waals surface area contributed by atoms with Crippen LogP contribution in [0.1, 0.15) is 17.3 Å². The van der Waals surface area contributed by atoms with Gasteiger partial charge in [-0.2, -0.15) is 0 Å². The molecule has 1 aliphatic heterocycles. The number of benzene rings is 3. The number of carboxylic acid groups (broad SMARTS) is 1. The predicted octanol–water partition coefficient (Wildman–Crippen LogP) is 4.37. The number of piperazine rings is 1. The van der Waals surface area contributed by atoms with Crippen molar-refractivity contribution in [3.05, 3.63) is 82.4 Å². The molecular weight excluding hydrogens is 463 g/mol. The number of carboxylic acids is 1. The third-order valence-electron chi connectivity index (χ3n) is 6.66. The number of hydrogen-bond donors (Lipinski definition) is 2. The summed E-state index contributed by atoms with van der Waals surface area (Å²) in [7, 11) is 0. The van der Waals surface area contributed by atoms with E-state index < -0.39 is 17.2 Å². The number of pyridine rings is 1. The monoisotopic (exact) mass is 488 g/mol. The van der Waals surface area contributed by atoms with Crippen molar-refractivity contribution in [1.29, 1.82) is 0 Å². The highest BCUT2D eigenvalue weighted by molar-refractivity contribution is 6.01. The number of nitrogens with zero attached hydrogens (tertiary/aromatic N) is 3. The van der Waals surface area contributed by atoms with Gasteiger partial charge in [0.2, 0.25) is 5.43 Å². The summed E-state index contributed by atoms with van der Waals surface area (Å²) in [6.07, 6.45) is 1.30. The second-order valence-corrected chi connectivity index (χ2v) is 8.71. The van der Waals surface area contributed by atoms with Gasteiger partial charge in [0.25, 0.3) is 0 Å². The molecule has 0 aliphatic carbocycles. The van der Waals surface area contributed by atoms with Crippen molar-refractivity contribution in [1.82, 2.24) is 9.47 Å². The van der Waals surface area contributed by atoms with Crippen LogP contribution >= 0.6 is 0 Å². The second-order valence-electron chi connectivity index (χ2n) is 8.71. The number of hydrogen-bond acceptors (Lipinski definition) is 4. The highest BCUT2D eigenvalue weighted by Gasteiger charge is 2.25. The summed E-state index contributed by atoms with van der Waals surface area (Å²) >= 11 is 0. The summed E-state index contributed by atoms with van der Waals surface area (Å²) in [6, 6.07) is 16.1. The Morgan fingerprint density at radius 2 is 1.72 bits per heavy atom. The quantitative estimate of drug-likeness (QED) is 0.445. The van der Waals surface area contributed by atoms with E-state index in [2.05, 4.69) is 5.32 Å². The van der Waals surface area contributed by atoms with Gasteiger partial charge in [0.15, 0.2) is 0 Å². The molecule has 1 saturated heterocycles. The van der Waals surface area contributed by atoms with E-state index in [0.717, 1.165) is 22.5 Å². The van der Waals surface area contributed by atoms with Gasteiger partial charge in [-0.05, 0) is 30.5 Å². The fourth-order valence-corrected chi connectivity index (χ4v) is 4.73. The van der Waals surface area contributed by atoms with Crippen molar-refractivity contribution < 1.29 is 19.1 Å². The van der Waals surface area contributed by atoms with E-state index in [9.17, 15) is 19.5 Å². The molecule has 0 radical (unpaired) electrons. The Balaban J connectivity index is 1.35. The molecule has 36 heavy (non-hydrogen) atoms. The number of amides is 2. The summed E-state index contributed by atoms with van der Waals surface area (Å²) < 4.78 is 16.7. The van der Waals surface area contributed by atoms with Crippen LogP contribution in [0.3, 0.4) is 0 Å². The zero-order valence-corrected chi connectivity index (χ0v) is 19.7. The van der Waals surface area contributed by atoms with Gasteiger partial charge in [0.1, 0.15) is 11.4 Å². The molecule has 5 rings (SSSR count). The van der Waals surface area contributed by atoms with Gasteiger partial charge in [-0.1, -0.05) is 36.4 Å². The SMILES string of the molecule is CCn1cc(C(=O)O)c(=O)c2cc(F)c(N3CCN(C(=O)Nc4cccc5ccccc45)CC3)cc21. The average Bonchev–Trinajstić information content (AvgIpc) is 2.89. The zero-order chi connectivity index (χ0) is 25.4. The third-order valence-corrected chi connectivity index (χ3v) is 6.66. The predicted molar refractivity (Wildman–Crippen MR) is 138 cm³/mol. The number of rotatable bonds is 4. The molecule has 0 spiro atoms. The van der Waals surface area contributed by atoms with Crippen LogP contribution in [-0.2, 0) is 6.54 Å². The number of halogens is 1. The van der Waals surface area contributed by atoms with Gasteiger partial charge in [0.05, 0.1) is 16.9 Å². The second kappa shape index (κ2) is 9.33. The smallest absolute Gasteiger partial charge is 0.341 e. The van der Waals surface area contributed by atoms with Crippen molar-refractivity contribution >= 4 is 45.1 Å². The Labute approximate surface area is 206 Å². The van der Waals surface area contributed by atoms with Crippen molar-refractivity contribution in [2.45, 2.75) is 13.5 Å². The molecule has 1 fully saturated rings. The first kappa shape index (κ1) is 23.3. The number of aryl methyl sites for hydroxylation is 1. The summed E-state index contributed by atoms with van der Waals surface area (Å²) in [5.74, 6) is -1.94. The molecular formula is C27H25FN4O4. The lowest BCUT2D eigenvalue weighted by Gasteiger charge is -2.36. The Morgan fingerprint density at radius 1 is 1.00 bits per heavy atom. The first-order valence-electron chi connectivity index (χ1n) is 11.8. The Kier molecular flexibility index (Phi) is 6.05. The summed E-state index contributed by atoms with van der Waals surface area (Å²) in [5.41, 5.74) is 0.436. The summed E-state index contributed by atoms with van der Waals surface area (Å²) in [4.78, 5) is 40.5. The van der Waals surface area contributed by atoms with E-state index in [4.69, 9.17) is 0 Å². The lowest BCUT2D eigenvalue weighted by atomic mass is 10.1. The molecule has 0 saturated carbocycles. The van der Waals surface area contributed by atoms with E-state index in [1.165, 1.54) is 6.20 Å². The number of nitrogens with one attached hydrogen (secondary N) is 1. The normalized spacial score (nSPS) is 13.8. The van der Waals surface area contributed by atoms with Gasteiger partial charge in [-0.15, -0.1) is 0 Å². The minimum Gasteiger partial charge on any atom is -0.477 e. The van der Waals surface area contributed by atoms with Crippen LogP contribution in [0.25, 0.3) is 21.7 Å². The van der Waals surface area contributed by atoms with E-state index in [1.54, 1.807) is 15.5 Å². The Morgan fingerprint density at radius 3 is 2.44 bits per heavy atom. The molecule has 2 amide bonds. The number of urea groups is 1. The first-order valence-corrected chi connectivity index (χ1v) is 11.8. The molecule has 4 aromatic rings. The molecule has 9 heteroatoms. The molecule has 2 N–H and O–H groups in total. The van der Waals surface area contributed by atoms with E-state index in [-0.39, 0.29) is 17.0 Å². The highest BCUT2D eigenvalue weighted by atomic mass is 19.1. The fraction of sp³-hybridized carbons (Fsp3) is 0.222. The number of fused-ring (bicyclic) bond motifs is 2. The minimum absolute atomic E-state index is 0.0334. The first-order chi connectivity index (χ1) is 17.4. The Bertz CT molecular complexity index is 1550. The third kappa shape index (κ3) is 4.13.